The lowest BCUT2D eigenvalue weighted by molar-refractivity contribution is 0.415. The molecule has 102 valence electrons. The van der Waals surface area contributed by atoms with Crippen LogP contribution >= 0.6 is 0 Å². The predicted octanol–water partition coefficient (Wildman–Crippen LogP) is 3.02. The highest BCUT2D eigenvalue weighted by Crippen LogP contribution is 2.25. The molecule has 3 heteroatoms. The van der Waals surface area contributed by atoms with Crippen LogP contribution in [0.4, 0.5) is 5.69 Å². The quantitative estimate of drug-likeness (QED) is 0.809. The zero-order valence-electron chi connectivity index (χ0n) is 11.7. The summed E-state index contributed by atoms with van der Waals surface area (Å²) >= 11 is 0. The average Bonchev–Trinajstić information content (AvgIpc) is 2.46. The first-order valence-electron chi connectivity index (χ1n) is 6.73. The Morgan fingerprint density at radius 1 is 1.05 bits per heavy atom. The number of benzene rings is 2. The van der Waals surface area contributed by atoms with E-state index in [9.17, 15) is 0 Å². The highest BCUT2D eigenvalue weighted by atomic mass is 16.5. The number of methoxy groups -OCH3 is 1. The van der Waals surface area contributed by atoms with Gasteiger partial charge in [-0.3, -0.25) is 0 Å². The van der Waals surface area contributed by atoms with E-state index >= 15 is 0 Å². The van der Waals surface area contributed by atoms with Gasteiger partial charge in [-0.2, -0.15) is 0 Å². The second kappa shape index (κ2) is 6.43. The second-order valence-corrected chi connectivity index (χ2v) is 4.81. The molecule has 2 N–H and O–H groups in total. The predicted molar refractivity (Wildman–Crippen MR) is 82.1 cm³/mol. The first-order valence-corrected chi connectivity index (χ1v) is 6.73. The van der Waals surface area contributed by atoms with Gasteiger partial charge in [0.25, 0.3) is 0 Å². The number of nitrogens with zero attached hydrogens (tertiary/aromatic N) is 1. The minimum absolute atomic E-state index is 0.769. The SMILES string of the molecule is COc1ccc2cc(N(C)CCCCN)ccc2c1. The summed E-state index contributed by atoms with van der Waals surface area (Å²) in [6.07, 6.45) is 2.21. The van der Waals surface area contributed by atoms with Crippen LogP contribution in [0.5, 0.6) is 5.75 Å². The average molecular weight is 258 g/mol. The van der Waals surface area contributed by atoms with Crippen molar-refractivity contribution in [3.63, 3.8) is 0 Å². The standard InChI is InChI=1S/C16H22N2O/c1-18(10-4-3-9-17)15-7-5-14-12-16(19-2)8-6-13(14)11-15/h5-8,11-12H,3-4,9-10,17H2,1-2H3. The van der Waals surface area contributed by atoms with E-state index < -0.39 is 0 Å². The maximum Gasteiger partial charge on any atom is 0.119 e. The Labute approximate surface area is 115 Å². The van der Waals surface area contributed by atoms with Gasteiger partial charge in [-0.1, -0.05) is 12.1 Å². The number of nitrogens with two attached hydrogens (primary N) is 1. The molecule has 0 radical (unpaired) electrons. The summed E-state index contributed by atoms with van der Waals surface area (Å²) < 4.78 is 5.24. The second-order valence-electron chi connectivity index (χ2n) is 4.81. The van der Waals surface area contributed by atoms with Crippen molar-refractivity contribution in [1.29, 1.82) is 0 Å². The minimum Gasteiger partial charge on any atom is -0.497 e. The van der Waals surface area contributed by atoms with Crippen molar-refractivity contribution in [2.45, 2.75) is 12.8 Å². The molecular weight excluding hydrogens is 236 g/mol. The lowest BCUT2D eigenvalue weighted by Crippen LogP contribution is -2.19. The number of unbranched alkanes of at least 4 members (excludes halogenated alkanes) is 1. The number of rotatable bonds is 6. The Morgan fingerprint density at radius 2 is 1.79 bits per heavy atom. The molecule has 0 atom stereocenters. The highest BCUT2D eigenvalue weighted by molar-refractivity contribution is 5.87. The number of fused-ring (bicyclic) bond motifs is 1. The van der Waals surface area contributed by atoms with E-state index in [0.717, 1.165) is 31.7 Å². The molecular formula is C16H22N2O. The molecule has 3 nitrogen and oxygen atoms in total. The fourth-order valence-electron chi connectivity index (χ4n) is 2.20. The molecule has 0 fully saturated rings. The Kier molecular flexibility index (Phi) is 4.63. The molecule has 0 saturated carbocycles. The van der Waals surface area contributed by atoms with E-state index in [1.54, 1.807) is 7.11 Å². The van der Waals surface area contributed by atoms with Gasteiger partial charge in [0.1, 0.15) is 5.75 Å². The molecule has 0 amide bonds. The third-order valence-electron chi connectivity index (χ3n) is 3.42. The summed E-state index contributed by atoms with van der Waals surface area (Å²) in [5.74, 6) is 0.900. The number of hydrogen-bond donors (Lipinski definition) is 1. The van der Waals surface area contributed by atoms with E-state index in [0.29, 0.717) is 0 Å². The molecule has 19 heavy (non-hydrogen) atoms. The van der Waals surface area contributed by atoms with Crippen LogP contribution in [-0.2, 0) is 0 Å². The van der Waals surface area contributed by atoms with Gasteiger partial charge < -0.3 is 15.4 Å². The molecule has 0 aliphatic rings. The number of anilines is 1. The monoisotopic (exact) mass is 258 g/mol. The van der Waals surface area contributed by atoms with Crippen molar-refractivity contribution < 1.29 is 4.74 Å². The molecule has 0 aliphatic carbocycles. The lowest BCUT2D eigenvalue weighted by atomic mass is 10.1. The van der Waals surface area contributed by atoms with Gasteiger partial charge in [0.2, 0.25) is 0 Å². The Balaban J connectivity index is 2.16. The Hall–Kier alpha value is -1.74. The van der Waals surface area contributed by atoms with Crippen molar-refractivity contribution in [2.24, 2.45) is 5.73 Å². The maximum absolute atomic E-state index is 5.52. The third-order valence-corrected chi connectivity index (χ3v) is 3.42. The van der Waals surface area contributed by atoms with Gasteiger partial charge in [0.05, 0.1) is 7.11 Å². The molecule has 2 aromatic carbocycles. The van der Waals surface area contributed by atoms with Crippen LogP contribution in [0.3, 0.4) is 0 Å². The van der Waals surface area contributed by atoms with E-state index in [2.05, 4.69) is 42.3 Å². The zero-order valence-corrected chi connectivity index (χ0v) is 11.7. The van der Waals surface area contributed by atoms with Crippen LogP contribution in [0, 0.1) is 0 Å². The van der Waals surface area contributed by atoms with Gasteiger partial charge in [0, 0.05) is 19.3 Å². The Morgan fingerprint density at radius 3 is 2.53 bits per heavy atom. The van der Waals surface area contributed by atoms with Gasteiger partial charge >= 0.3 is 0 Å². The molecule has 2 aromatic rings. The highest BCUT2D eigenvalue weighted by Gasteiger charge is 2.03. The maximum atomic E-state index is 5.52. The van der Waals surface area contributed by atoms with Crippen molar-refractivity contribution >= 4 is 16.5 Å². The third kappa shape index (κ3) is 3.38. The largest absolute Gasteiger partial charge is 0.497 e. The minimum atomic E-state index is 0.769. The molecule has 0 aliphatic heterocycles. The van der Waals surface area contributed by atoms with E-state index in [1.807, 2.05) is 6.07 Å². The van der Waals surface area contributed by atoms with E-state index in [4.69, 9.17) is 10.5 Å². The number of ether oxygens (including phenoxy) is 1. The molecule has 0 aromatic heterocycles. The summed E-state index contributed by atoms with van der Waals surface area (Å²) in [5, 5.41) is 2.45. The fraction of sp³-hybridized carbons (Fsp3) is 0.375. The molecule has 0 unspecified atom stereocenters. The van der Waals surface area contributed by atoms with Gasteiger partial charge in [0.15, 0.2) is 0 Å². The molecule has 0 spiro atoms. The first-order chi connectivity index (χ1) is 9.24. The molecule has 2 rings (SSSR count). The van der Waals surface area contributed by atoms with Crippen LogP contribution in [0.25, 0.3) is 10.8 Å². The zero-order chi connectivity index (χ0) is 13.7. The molecule has 0 heterocycles. The van der Waals surface area contributed by atoms with Crippen LogP contribution in [0.2, 0.25) is 0 Å². The van der Waals surface area contributed by atoms with Crippen LogP contribution in [0.15, 0.2) is 36.4 Å². The van der Waals surface area contributed by atoms with Crippen LogP contribution in [0.1, 0.15) is 12.8 Å². The molecule has 0 saturated heterocycles. The van der Waals surface area contributed by atoms with Gasteiger partial charge in [-0.15, -0.1) is 0 Å². The summed E-state index contributed by atoms with van der Waals surface area (Å²) in [4.78, 5) is 2.28. The van der Waals surface area contributed by atoms with Crippen molar-refractivity contribution in [3.8, 4) is 5.75 Å². The van der Waals surface area contributed by atoms with Crippen molar-refractivity contribution in [1.82, 2.24) is 0 Å². The topological polar surface area (TPSA) is 38.5 Å². The van der Waals surface area contributed by atoms with Gasteiger partial charge in [-0.05, 0) is 54.4 Å². The number of hydrogen-bond acceptors (Lipinski definition) is 3. The van der Waals surface area contributed by atoms with Crippen molar-refractivity contribution in [3.05, 3.63) is 36.4 Å². The smallest absolute Gasteiger partial charge is 0.119 e. The molecule has 0 bridgehead atoms. The van der Waals surface area contributed by atoms with Crippen LogP contribution < -0.4 is 15.4 Å². The summed E-state index contributed by atoms with van der Waals surface area (Å²) in [7, 11) is 3.82. The van der Waals surface area contributed by atoms with E-state index in [-0.39, 0.29) is 0 Å². The fourth-order valence-corrected chi connectivity index (χ4v) is 2.20. The summed E-state index contributed by atoms with van der Waals surface area (Å²) in [5.41, 5.74) is 6.77. The summed E-state index contributed by atoms with van der Waals surface area (Å²) in [6.45, 7) is 1.81. The normalized spacial score (nSPS) is 10.7. The van der Waals surface area contributed by atoms with Crippen LogP contribution in [-0.4, -0.2) is 27.2 Å². The van der Waals surface area contributed by atoms with Crippen molar-refractivity contribution in [2.75, 3.05) is 32.1 Å². The van der Waals surface area contributed by atoms with E-state index in [1.165, 1.54) is 16.5 Å². The summed E-state index contributed by atoms with van der Waals surface area (Å²) in [6, 6.07) is 12.7. The lowest BCUT2D eigenvalue weighted by Gasteiger charge is -2.19. The van der Waals surface area contributed by atoms with Gasteiger partial charge in [-0.25, -0.2) is 0 Å². The Bertz CT molecular complexity index is 539. The first kappa shape index (κ1) is 13.7.